The molecule has 2 atom stereocenters. The molecule has 1 fully saturated rings. The van der Waals surface area contributed by atoms with Gasteiger partial charge in [-0.25, -0.2) is 4.39 Å². The fourth-order valence-electron chi connectivity index (χ4n) is 3.63. The standard InChI is InChI=1S/C24H31FN4O2.HI/c1-16-5-6-20(11-22(16)25)13-28-24(26-4)27-12-19-7-9-21(10-8-19)23(30)29-14-17(2)31-18(3)15-29;/h5-11,17-18H,12-15H2,1-4H3,(H2,26,27,28);1H. The van der Waals surface area contributed by atoms with Crippen LogP contribution in [0.5, 0.6) is 0 Å². The Morgan fingerprint density at radius 3 is 2.19 bits per heavy atom. The van der Waals surface area contributed by atoms with Crippen molar-refractivity contribution in [3.63, 3.8) is 0 Å². The van der Waals surface area contributed by atoms with E-state index in [0.29, 0.717) is 43.3 Å². The Kier molecular flexibility index (Phi) is 9.89. The van der Waals surface area contributed by atoms with Crippen molar-refractivity contribution in [1.82, 2.24) is 15.5 Å². The first-order valence-electron chi connectivity index (χ1n) is 10.6. The van der Waals surface area contributed by atoms with Crippen molar-refractivity contribution in [2.24, 2.45) is 4.99 Å². The molecule has 2 N–H and O–H groups in total. The minimum atomic E-state index is -0.210. The van der Waals surface area contributed by atoms with Gasteiger partial charge in [0.05, 0.1) is 12.2 Å². The van der Waals surface area contributed by atoms with Gasteiger partial charge in [0.2, 0.25) is 0 Å². The van der Waals surface area contributed by atoms with E-state index in [1.165, 1.54) is 6.07 Å². The molecular formula is C24H32FIN4O2. The average Bonchev–Trinajstić information content (AvgIpc) is 2.75. The van der Waals surface area contributed by atoms with Crippen molar-refractivity contribution in [1.29, 1.82) is 0 Å². The Morgan fingerprint density at radius 2 is 1.62 bits per heavy atom. The molecule has 0 bridgehead atoms. The summed E-state index contributed by atoms with van der Waals surface area (Å²) in [5.41, 5.74) is 3.19. The van der Waals surface area contributed by atoms with E-state index in [2.05, 4.69) is 15.6 Å². The van der Waals surface area contributed by atoms with Crippen LogP contribution in [0.1, 0.15) is 40.9 Å². The van der Waals surface area contributed by atoms with Crippen LogP contribution in [-0.2, 0) is 17.8 Å². The number of guanidine groups is 1. The number of nitrogens with zero attached hydrogens (tertiary/aromatic N) is 2. The summed E-state index contributed by atoms with van der Waals surface area (Å²) < 4.78 is 19.4. The highest BCUT2D eigenvalue weighted by Crippen LogP contribution is 2.15. The third-order valence-corrected chi connectivity index (χ3v) is 5.29. The second-order valence-electron chi connectivity index (χ2n) is 8.03. The first-order chi connectivity index (χ1) is 14.9. The van der Waals surface area contributed by atoms with Gasteiger partial charge in [0.25, 0.3) is 5.91 Å². The molecule has 1 heterocycles. The van der Waals surface area contributed by atoms with E-state index in [1.54, 1.807) is 20.0 Å². The number of carbonyl (C=O) groups is 1. The maximum Gasteiger partial charge on any atom is 0.254 e. The smallest absolute Gasteiger partial charge is 0.254 e. The Hall–Kier alpha value is -2.20. The van der Waals surface area contributed by atoms with Crippen molar-refractivity contribution in [3.8, 4) is 0 Å². The van der Waals surface area contributed by atoms with Gasteiger partial charge in [-0.05, 0) is 55.7 Å². The molecule has 32 heavy (non-hydrogen) atoms. The van der Waals surface area contributed by atoms with Crippen LogP contribution in [0.25, 0.3) is 0 Å². The number of hydrogen-bond donors (Lipinski definition) is 2. The van der Waals surface area contributed by atoms with Crippen molar-refractivity contribution in [2.75, 3.05) is 20.1 Å². The van der Waals surface area contributed by atoms with Crippen molar-refractivity contribution in [3.05, 3.63) is 70.5 Å². The zero-order chi connectivity index (χ0) is 22.4. The van der Waals surface area contributed by atoms with Gasteiger partial charge in [-0.1, -0.05) is 24.3 Å². The second-order valence-corrected chi connectivity index (χ2v) is 8.03. The molecule has 2 aromatic carbocycles. The highest BCUT2D eigenvalue weighted by Gasteiger charge is 2.26. The number of morpholine rings is 1. The van der Waals surface area contributed by atoms with Gasteiger partial charge in [0.1, 0.15) is 5.82 Å². The molecule has 6 nitrogen and oxygen atoms in total. The lowest BCUT2D eigenvalue weighted by molar-refractivity contribution is -0.0586. The number of aryl methyl sites for hydroxylation is 1. The Balaban J connectivity index is 0.00000363. The average molecular weight is 554 g/mol. The normalized spacial score (nSPS) is 18.7. The summed E-state index contributed by atoms with van der Waals surface area (Å²) in [7, 11) is 1.69. The van der Waals surface area contributed by atoms with E-state index >= 15 is 0 Å². The Morgan fingerprint density at radius 1 is 1.06 bits per heavy atom. The summed E-state index contributed by atoms with van der Waals surface area (Å²) in [5.74, 6) is 0.444. The number of rotatable bonds is 5. The van der Waals surface area contributed by atoms with Crippen LogP contribution in [0.3, 0.4) is 0 Å². The molecule has 1 saturated heterocycles. The molecule has 2 unspecified atom stereocenters. The zero-order valence-electron chi connectivity index (χ0n) is 19.0. The molecule has 2 aromatic rings. The SMILES string of the molecule is CN=C(NCc1ccc(C(=O)N2CC(C)OC(C)C2)cc1)NCc1ccc(C)c(F)c1.I. The Labute approximate surface area is 206 Å². The molecule has 8 heteroatoms. The monoisotopic (exact) mass is 554 g/mol. The number of benzene rings is 2. The largest absolute Gasteiger partial charge is 0.372 e. The third-order valence-electron chi connectivity index (χ3n) is 5.29. The molecule has 1 aliphatic rings. The summed E-state index contributed by atoms with van der Waals surface area (Å²) in [6, 6.07) is 12.8. The second kappa shape index (κ2) is 12.2. The molecule has 174 valence electrons. The van der Waals surface area contributed by atoms with Crippen LogP contribution in [0.15, 0.2) is 47.5 Å². The van der Waals surface area contributed by atoms with Crippen LogP contribution in [0, 0.1) is 12.7 Å². The molecule has 0 saturated carbocycles. The maximum atomic E-state index is 13.7. The fraction of sp³-hybridized carbons (Fsp3) is 0.417. The van der Waals surface area contributed by atoms with Gasteiger partial charge >= 0.3 is 0 Å². The van der Waals surface area contributed by atoms with E-state index in [-0.39, 0.29) is 47.9 Å². The van der Waals surface area contributed by atoms with Crippen LogP contribution in [0.4, 0.5) is 4.39 Å². The van der Waals surface area contributed by atoms with Gasteiger partial charge in [-0.15, -0.1) is 24.0 Å². The highest BCUT2D eigenvalue weighted by atomic mass is 127. The Bertz CT molecular complexity index is 926. The van der Waals surface area contributed by atoms with E-state index in [0.717, 1.165) is 11.1 Å². The first-order valence-corrected chi connectivity index (χ1v) is 10.6. The maximum absolute atomic E-state index is 13.7. The highest BCUT2D eigenvalue weighted by molar-refractivity contribution is 14.0. The molecule has 0 spiro atoms. The number of amides is 1. The van der Waals surface area contributed by atoms with Gasteiger partial charge in [0, 0.05) is 38.8 Å². The van der Waals surface area contributed by atoms with E-state index < -0.39 is 0 Å². The predicted molar refractivity (Wildman–Crippen MR) is 136 cm³/mol. The summed E-state index contributed by atoms with van der Waals surface area (Å²) in [6.07, 6.45) is 0.0960. The number of carbonyl (C=O) groups excluding carboxylic acids is 1. The minimum absolute atomic E-state index is 0. The van der Waals surface area contributed by atoms with E-state index in [9.17, 15) is 9.18 Å². The predicted octanol–water partition coefficient (Wildman–Crippen LogP) is 3.87. The molecule has 0 radical (unpaired) electrons. The van der Waals surface area contributed by atoms with Crippen LogP contribution < -0.4 is 10.6 Å². The van der Waals surface area contributed by atoms with Gasteiger partial charge in [0.15, 0.2) is 5.96 Å². The number of ether oxygens (including phenoxy) is 1. The number of halogens is 2. The first kappa shape index (κ1) is 26.1. The fourth-order valence-corrected chi connectivity index (χ4v) is 3.63. The van der Waals surface area contributed by atoms with Crippen molar-refractivity contribution < 1.29 is 13.9 Å². The quantitative estimate of drug-likeness (QED) is 0.335. The number of nitrogens with one attached hydrogen (secondary N) is 2. The van der Waals surface area contributed by atoms with E-state index in [4.69, 9.17) is 4.74 Å². The molecular weight excluding hydrogens is 522 g/mol. The summed E-state index contributed by atoms with van der Waals surface area (Å²) in [6.45, 7) is 7.97. The molecule has 0 aromatic heterocycles. The third kappa shape index (κ3) is 7.16. The molecule has 1 aliphatic heterocycles. The topological polar surface area (TPSA) is 66.0 Å². The lowest BCUT2D eigenvalue weighted by Crippen LogP contribution is -2.48. The van der Waals surface area contributed by atoms with Crippen LogP contribution >= 0.6 is 24.0 Å². The number of aliphatic imine (C=N–C) groups is 1. The van der Waals surface area contributed by atoms with Gasteiger partial charge in [-0.3, -0.25) is 9.79 Å². The number of hydrogen-bond acceptors (Lipinski definition) is 3. The molecule has 3 rings (SSSR count). The van der Waals surface area contributed by atoms with Crippen LogP contribution in [-0.4, -0.2) is 49.1 Å². The van der Waals surface area contributed by atoms with Gasteiger partial charge in [-0.2, -0.15) is 0 Å². The van der Waals surface area contributed by atoms with E-state index in [1.807, 2.05) is 49.1 Å². The molecule has 0 aliphatic carbocycles. The molecule has 1 amide bonds. The minimum Gasteiger partial charge on any atom is -0.372 e. The summed E-state index contributed by atoms with van der Waals surface area (Å²) in [5, 5.41) is 6.42. The lowest BCUT2D eigenvalue weighted by Gasteiger charge is -2.35. The van der Waals surface area contributed by atoms with Gasteiger partial charge < -0.3 is 20.3 Å². The van der Waals surface area contributed by atoms with Crippen LogP contribution in [0.2, 0.25) is 0 Å². The zero-order valence-corrected chi connectivity index (χ0v) is 21.4. The lowest BCUT2D eigenvalue weighted by atomic mass is 10.1. The van der Waals surface area contributed by atoms with Crippen molar-refractivity contribution >= 4 is 35.8 Å². The summed E-state index contributed by atoms with van der Waals surface area (Å²) >= 11 is 0. The van der Waals surface area contributed by atoms with Crippen molar-refractivity contribution in [2.45, 2.75) is 46.1 Å². The summed E-state index contributed by atoms with van der Waals surface area (Å²) in [4.78, 5) is 18.8.